The van der Waals surface area contributed by atoms with Gasteiger partial charge in [0.15, 0.2) is 0 Å². The van der Waals surface area contributed by atoms with E-state index in [0.717, 1.165) is 5.75 Å². The molecule has 1 atom stereocenters. The predicted molar refractivity (Wildman–Crippen MR) is 93.2 cm³/mol. The first-order valence-corrected chi connectivity index (χ1v) is 9.14. The molecular formula is C16H16N2O3S2. The van der Waals surface area contributed by atoms with E-state index < -0.39 is 6.04 Å². The van der Waals surface area contributed by atoms with Gasteiger partial charge in [-0.15, -0.1) is 11.8 Å². The first kappa shape index (κ1) is 15.9. The number of nitrogens with zero attached hydrogens (tertiary/aromatic N) is 1. The summed E-state index contributed by atoms with van der Waals surface area (Å²) in [6.07, 6.45) is 0. The molecule has 0 unspecified atom stereocenters. The minimum absolute atomic E-state index is 0.0915. The Kier molecular flexibility index (Phi) is 4.88. The maximum atomic E-state index is 12.5. The summed E-state index contributed by atoms with van der Waals surface area (Å²) in [4.78, 5) is 26.6. The van der Waals surface area contributed by atoms with Crippen LogP contribution in [0.15, 0.2) is 41.1 Å². The second-order valence-electron chi connectivity index (χ2n) is 5.02. The van der Waals surface area contributed by atoms with Gasteiger partial charge in [-0.1, -0.05) is 0 Å². The molecule has 0 aliphatic carbocycles. The van der Waals surface area contributed by atoms with Gasteiger partial charge < -0.3 is 15.0 Å². The van der Waals surface area contributed by atoms with Crippen molar-refractivity contribution in [2.45, 2.75) is 6.04 Å². The van der Waals surface area contributed by atoms with Crippen molar-refractivity contribution in [3.8, 4) is 5.75 Å². The highest BCUT2D eigenvalue weighted by Gasteiger charge is 2.35. The molecule has 1 saturated heterocycles. The molecule has 2 amide bonds. The van der Waals surface area contributed by atoms with Crippen LogP contribution in [0.2, 0.25) is 0 Å². The molecular weight excluding hydrogens is 332 g/mol. The maximum Gasteiger partial charge on any atom is 0.256 e. The number of carbonyl (C=O) groups excluding carboxylic acids is 2. The van der Waals surface area contributed by atoms with Crippen LogP contribution in [-0.4, -0.2) is 41.5 Å². The number of benzene rings is 1. The van der Waals surface area contributed by atoms with E-state index in [4.69, 9.17) is 4.74 Å². The van der Waals surface area contributed by atoms with E-state index in [0.29, 0.717) is 22.9 Å². The Hall–Kier alpha value is -1.99. The minimum atomic E-state index is -0.450. The standard InChI is InChI=1S/C16H16N2O3S2/c1-21-13-4-2-12(3-5-13)17-15(19)14-9-23-10-18(14)16(20)11-6-7-22-8-11/h2-8,14H,9-10H2,1H3,(H,17,19)/t14-/m0/s1. The number of thiophene rings is 1. The molecule has 1 aliphatic heterocycles. The average Bonchev–Trinajstić information content (AvgIpc) is 3.26. The number of hydrogen-bond acceptors (Lipinski definition) is 5. The molecule has 0 radical (unpaired) electrons. The van der Waals surface area contributed by atoms with Crippen molar-refractivity contribution >= 4 is 40.6 Å². The molecule has 0 saturated carbocycles. The van der Waals surface area contributed by atoms with Gasteiger partial charge in [0.1, 0.15) is 11.8 Å². The summed E-state index contributed by atoms with van der Waals surface area (Å²) in [7, 11) is 1.59. The lowest BCUT2D eigenvalue weighted by atomic mass is 10.2. The van der Waals surface area contributed by atoms with Gasteiger partial charge in [0.25, 0.3) is 5.91 Å². The van der Waals surface area contributed by atoms with Crippen molar-refractivity contribution in [2.24, 2.45) is 0 Å². The van der Waals surface area contributed by atoms with Crippen LogP contribution in [0.5, 0.6) is 5.75 Å². The van der Waals surface area contributed by atoms with Crippen molar-refractivity contribution < 1.29 is 14.3 Å². The van der Waals surface area contributed by atoms with E-state index in [1.165, 1.54) is 11.3 Å². The van der Waals surface area contributed by atoms with E-state index in [2.05, 4.69) is 5.32 Å². The Morgan fingerprint density at radius 1 is 1.26 bits per heavy atom. The SMILES string of the molecule is COc1ccc(NC(=O)[C@@H]2CSCN2C(=O)c2ccsc2)cc1. The molecule has 7 heteroatoms. The zero-order valence-electron chi connectivity index (χ0n) is 12.5. The molecule has 0 spiro atoms. The zero-order valence-corrected chi connectivity index (χ0v) is 14.2. The summed E-state index contributed by atoms with van der Waals surface area (Å²) in [5.41, 5.74) is 1.33. The Balaban J connectivity index is 1.69. The van der Waals surface area contributed by atoms with Crippen molar-refractivity contribution in [1.82, 2.24) is 4.90 Å². The van der Waals surface area contributed by atoms with Crippen LogP contribution >= 0.6 is 23.1 Å². The summed E-state index contributed by atoms with van der Waals surface area (Å²) in [5, 5.41) is 6.54. The van der Waals surface area contributed by atoms with Crippen LogP contribution in [0.3, 0.4) is 0 Å². The Labute approximate surface area is 142 Å². The van der Waals surface area contributed by atoms with Crippen LogP contribution in [0.25, 0.3) is 0 Å². The van der Waals surface area contributed by atoms with Gasteiger partial charge in [-0.3, -0.25) is 9.59 Å². The number of ether oxygens (including phenoxy) is 1. The number of anilines is 1. The molecule has 2 heterocycles. The molecule has 3 rings (SSSR count). The van der Waals surface area contributed by atoms with Crippen LogP contribution in [-0.2, 0) is 4.79 Å². The molecule has 0 bridgehead atoms. The predicted octanol–water partition coefficient (Wildman–Crippen LogP) is 2.91. The topological polar surface area (TPSA) is 58.6 Å². The van der Waals surface area contributed by atoms with Gasteiger partial charge in [0.2, 0.25) is 5.91 Å². The molecule has 1 N–H and O–H groups in total. The fraction of sp³-hybridized carbons (Fsp3) is 0.250. The van der Waals surface area contributed by atoms with E-state index in [9.17, 15) is 9.59 Å². The summed E-state index contributed by atoms with van der Waals surface area (Å²) < 4.78 is 5.10. The van der Waals surface area contributed by atoms with E-state index in [1.54, 1.807) is 54.1 Å². The lowest BCUT2D eigenvalue weighted by Crippen LogP contribution is -2.44. The second-order valence-corrected chi connectivity index (χ2v) is 6.80. The lowest BCUT2D eigenvalue weighted by Gasteiger charge is -2.22. The van der Waals surface area contributed by atoms with Crippen molar-refractivity contribution in [2.75, 3.05) is 24.1 Å². The highest BCUT2D eigenvalue weighted by atomic mass is 32.2. The Morgan fingerprint density at radius 3 is 2.70 bits per heavy atom. The van der Waals surface area contributed by atoms with Crippen molar-refractivity contribution in [3.63, 3.8) is 0 Å². The van der Waals surface area contributed by atoms with Gasteiger partial charge in [0, 0.05) is 16.8 Å². The van der Waals surface area contributed by atoms with Gasteiger partial charge in [0.05, 0.1) is 18.6 Å². The fourth-order valence-corrected chi connectivity index (χ4v) is 4.10. The van der Waals surface area contributed by atoms with E-state index >= 15 is 0 Å². The van der Waals surface area contributed by atoms with Crippen LogP contribution in [0, 0.1) is 0 Å². The Morgan fingerprint density at radius 2 is 2.04 bits per heavy atom. The quantitative estimate of drug-likeness (QED) is 0.923. The molecule has 1 fully saturated rings. The zero-order chi connectivity index (χ0) is 16.2. The minimum Gasteiger partial charge on any atom is -0.497 e. The second kappa shape index (κ2) is 7.06. The molecule has 1 aromatic carbocycles. The van der Waals surface area contributed by atoms with Gasteiger partial charge in [-0.2, -0.15) is 11.3 Å². The number of carbonyl (C=O) groups is 2. The van der Waals surface area contributed by atoms with Crippen LogP contribution in [0.4, 0.5) is 5.69 Å². The van der Waals surface area contributed by atoms with E-state index in [-0.39, 0.29) is 11.8 Å². The third-order valence-corrected chi connectivity index (χ3v) is 5.27. The molecule has 1 aliphatic rings. The monoisotopic (exact) mass is 348 g/mol. The first-order chi connectivity index (χ1) is 11.2. The summed E-state index contributed by atoms with van der Waals surface area (Å²) in [5.74, 6) is 1.62. The Bertz CT molecular complexity index is 686. The number of rotatable bonds is 4. The number of thioether (sulfide) groups is 1. The third kappa shape index (κ3) is 3.51. The highest BCUT2D eigenvalue weighted by molar-refractivity contribution is 7.99. The largest absolute Gasteiger partial charge is 0.497 e. The maximum absolute atomic E-state index is 12.5. The lowest BCUT2D eigenvalue weighted by molar-refractivity contribution is -0.119. The fourth-order valence-electron chi connectivity index (χ4n) is 2.31. The number of nitrogens with one attached hydrogen (secondary N) is 1. The summed E-state index contributed by atoms with van der Waals surface area (Å²) in [6, 6.07) is 8.47. The molecule has 120 valence electrons. The van der Waals surface area contributed by atoms with Gasteiger partial charge >= 0.3 is 0 Å². The van der Waals surface area contributed by atoms with Gasteiger partial charge in [-0.25, -0.2) is 0 Å². The molecule has 5 nitrogen and oxygen atoms in total. The first-order valence-electron chi connectivity index (χ1n) is 7.05. The van der Waals surface area contributed by atoms with Crippen LogP contribution in [0.1, 0.15) is 10.4 Å². The highest BCUT2D eigenvalue weighted by Crippen LogP contribution is 2.25. The number of methoxy groups -OCH3 is 1. The average molecular weight is 348 g/mol. The van der Waals surface area contributed by atoms with Crippen molar-refractivity contribution in [3.05, 3.63) is 46.7 Å². The van der Waals surface area contributed by atoms with E-state index in [1.807, 2.05) is 10.8 Å². The molecule has 23 heavy (non-hydrogen) atoms. The van der Waals surface area contributed by atoms with Crippen molar-refractivity contribution in [1.29, 1.82) is 0 Å². The van der Waals surface area contributed by atoms with Crippen LogP contribution < -0.4 is 10.1 Å². The smallest absolute Gasteiger partial charge is 0.256 e. The molecule has 1 aromatic heterocycles. The molecule has 2 aromatic rings. The summed E-state index contributed by atoms with van der Waals surface area (Å²) in [6.45, 7) is 0. The normalized spacial score (nSPS) is 17.1. The number of hydrogen-bond donors (Lipinski definition) is 1. The summed E-state index contributed by atoms with van der Waals surface area (Å²) >= 11 is 3.06. The van der Waals surface area contributed by atoms with Gasteiger partial charge in [-0.05, 0) is 35.7 Å². The third-order valence-electron chi connectivity index (χ3n) is 3.57. The number of amides is 2.